The zero-order valence-electron chi connectivity index (χ0n) is 12.9. The number of halogens is 1. The molecular formula is C18H23ClN2O. The van der Waals surface area contributed by atoms with E-state index in [1.54, 1.807) is 0 Å². The van der Waals surface area contributed by atoms with Gasteiger partial charge in [-0.2, -0.15) is 0 Å². The van der Waals surface area contributed by atoms with E-state index < -0.39 is 0 Å². The number of nitrogens with two attached hydrogens (primary N) is 1. The van der Waals surface area contributed by atoms with E-state index >= 15 is 0 Å². The Balaban J connectivity index is 0.00000176. The molecule has 1 heterocycles. The Morgan fingerprint density at radius 1 is 1.09 bits per heavy atom. The topological polar surface area (TPSA) is 48.1 Å². The molecule has 1 saturated carbocycles. The molecule has 0 aliphatic heterocycles. The standard InChI is InChI=1S/C18H22N2O.ClH/c1-2-16-14(11-12-18(19)20-16)15-9-5-6-10-17(15)21-13-7-3-4-8-13;/h5-6,9-13H,2-4,7-8H2,1H3,(H2,19,20);1H. The summed E-state index contributed by atoms with van der Waals surface area (Å²) in [5.74, 6) is 1.54. The Morgan fingerprint density at radius 2 is 1.82 bits per heavy atom. The van der Waals surface area contributed by atoms with Crippen molar-refractivity contribution in [3.05, 3.63) is 42.1 Å². The van der Waals surface area contributed by atoms with Gasteiger partial charge in [0.2, 0.25) is 0 Å². The number of rotatable bonds is 4. The van der Waals surface area contributed by atoms with Crippen LogP contribution in [-0.2, 0) is 6.42 Å². The fourth-order valence-electron chi connectivity index (χ4n) is 3.01. The Bertz CT molecular complexity index is 624. The number of aromatic nitrogens is 1. The third-order valence-corrected chi connectivity index (χ3v) is 4.10. The number of pyridine rings is 1. The monoisotopic (exact) mass is 318 g/mol. The lowest BCUT2D eigenvalue weighted by atomic mass is 10.0. The van der Waals surface area contributed by atoms with Gasteiger partial charge in [-0.05, 0) is 50.3 Å². The maximum atomic E-state index is 6.23. The van der Waals surface area contributed by atoms with Crippen molar-refractivity contribution in [2.24, 2.45) is 0 Å². The minimum absolute atomic E-state index is 0. The summed E-state index contributed by atoms with van der Waals surface area (Å²) in [6.45, 7) is 2.10. The van der Waals surface area contributed by atoms with Crippen LogP contribution in [0.1, 0.15) is 38.3 Å². The van der Waals surface area contributed by atoms with Crippen molar-refractivity contribution in [3.63, 3.8) is 0 Å². The maximum Gasteiger partial charge on any atom is 0.127 e. The maximum absolute atomic E-state index is 6.23. The number of ether oxygens (including phenoxy) is 1. The van der Waals surface area contributed by atoms with E-state index in [2.05, 4.69) is 30.1 Å². The second-order valence-corrected chi connectivity index (χ2v) is 5.60. The van der Waals surface area contributed by atoms with Crippen molar-refractivity contribution in [3.8, 4) is 16.9 Å². The number of aryl methyl sites for hydroxylation is 1. The van der Waals surface area contributed by atoms with Gasteiger partial charge in [-0.25, -0.2) is 4.98 Å². The van der Waals surface area contributed by atoms with E-state index in [0.29, 0.717) is 11.9 Å². The molecule has 0 spiro atoms. The lowest BCUT2D eigenvalue weighted by Crippen LogP contribution is -2.11. The highest BCUT2D eigenvalue weighted by molar-refractivity contribution is 5.85. The van der Waals surface area contributed by atoms with Crippen LogP contribution in [0.5, 0.6) is 5.75 Å². The predicted molar refractivity (Wildman–Crippen MR) is 93.6 cm³/mol. The average molecular weight is 319 g/mol. The molecule has 0 unspecified atom stereocenters. The van der Waals surface area contributed by atoms with Gasteiger partial charge in [0.05, 0.1) is 11.8 Å². The van der Waals surface area contributed by atoms with Gasteiger partial charge in [0, 0.05) is 11.1 Å². The lowest BCUT2D eigenvalue weighted by molar-refractivity contribution is 0.211. The molecule has 0 saturated heterocycles. The Kier molecular flexibility index (Phi) is 5.67. The van der Waals surface area contributed by atoms with Crippen LogP contribution in [0, 0.1) is 0 Å². The number of hydrogen-bond acceptors (Lipinski definition) is 3. The number of benzene rings is 1. The molecule has 4 heteroatoms. The predicted octanol–water partition coefficient (Wildman–Crippen LogP) is 4.64. The first-order chi connectivity index (χ1) is 10.3. The van der Waals surface area contributed by atoms with Gasteiger partial charge in [0.15, 0.2) is 0 Å². The minimum Gasteiger partial charge on any atom is -0.490 e. The lowest BCUT2D eigenvalue weighted by Gasteiger charge is -2.18. The van der Waals surface area contributed by atoms with Crippen LogP contribution in [0.15, 0.2) is 36.4 Å². The summed E-state index contributed by atoms with van der Waals surface area (Å²) in [7, 11) is 0. The Hall–Kier alpha value is -1.74. The molecule has 0 bridgehead atoms. The van der Waals surface area contributed by atoms with Gasteiger partial charge < -0.3 is 10.5 Å². The van der Waals surface area contributed by atoms with E-state index in [9.17, 15) is 0 Å². The van der Waals surface area contributed by atoms with Crippen molar-refractivity contribution >= 4 is 18.2 Å². The quantitative estimate of drug-likeness (QED) is 0.893. The smallest absolute Gasteiger partial charge is 0.127 e. The molecule has 1 aromatic heterocycles. The molecule has 1 aliphatic carbocycles. The first kappa shape index (κ1) is 16.6. The second kappa shape index (κ2) is 7.50. The second-order valence-electron chi connectivity index (χ2n) is 5.60. The van der Waals surface area contributed by atoms with E-state index in [0.717, 1.165) is 41.8 Å². The van der Waals surface area contributed by atoms with Gasteiger partial charge >= 0.3 is 0 Å². The molecule has 0 radical (unpaired) electrons. The largest absolute Gasteiger partial charge is 0.490 e. The minimum atomic E-state index is 0. The van der Waals surface area contributed by atoms with E-state index in [1.165, 1.54) is 12.8 Å². The SMILES string of the molecule is CCc1nc(N)ccc1-c1ccccc1OC1CCCC1.Cl. The van der Waals surface area contributed by atoms with Gasteiger partial charge in [-0.15, -0.1) is 12.4 Å². The number of para-hydroxylation sites is 1. The summed E-state index contributed by atoms with van der Waals surface area (Å²) in [5.41, 5.74) is 9.08. The summed E-state index contributed by atoms with van der Waals surface area (Å²) in [6, 6.07) is 12.2. The molecule has 1 fully saturated rings. The van der Waals surface area contributed by atoms with Crippen LogP contribution in [0.4, 0.5) is 5.82 Å². The van der Waals surface area contributed by atoms with Crippen LogP contribution < -0.4 is 10.5 Å². The molecule has 22 heavy (non-hydrogen) atoms. The fraction of sp³-hybridized carbons (Fsp3) is 0.389. The average Bonchev–Trinajstić information content (AvgIpc) is 3.01. The highest BCUT2D eigenvalue weighted by Gasteiger charge is 2.19. The first-order valence-corrected chi connectivity index (χ1v) is 7.79. The molecular weight excluding hydrogens is 296 g/mol. The van der Waals surface area contributed by atoms with Crippen molar-refractivity contribution < 1.29 is 4.74 Å². The van der Waals surface area contributed by atoms with Crippen LogP contribution in [0.2, 0.25) is 0 Å². The van der Waals surface area contributed by atoms with Crippen molar-refractivity contribution in [1.82, 2.24) is 4.98 Å². The van der Waals surface area contributed by atoms with Crippen molar-refractivity contribution in [2.45, 2.75) is 45.1 Å². The van der Waals surface area contributed by atoms with Crippen LogP contribution in [-0.4, -0.2) is 11.1 Å². The van der Waals surface area contributed by atoms with Crippen LogP contribution >= 0.6 is 12.4 Å². The Morgan fingerprint density at radius 3 is 2.55 bits per heavy atom. The highest BCUT2D eigenvalue weighted by Crippen LogP contribution is 2.34. The first-order valence-electron chi connectivity index (χ1n) is 7.79. The number of anilines is 1. The van der Waals surface area contributed by atoms with E-state index in [4.69, 9.17) is 10.5 Å². The van der Waals surface area contributed by atoms with Crippen molar-refractivity contribution in [1.29, 1.82) is 0 Å². The summed E-state index contributed by atoms with van der Waals surface area (Å²) in [4.78, 5) is 4.46. The number of nitrogens with zero attached hydrogens (tertiary/aromatic N) is 1. The van der Waals surface area contributed by atoms with E-state index in [1.807, 2.05) is 18.2 Å². The normalized spacial score (nSPS) is 14.6. The van der Waals surface area contributed by atoms with Crippen LogP contribution in [0.3, 0.4) is 0 Å². The molecule has 3 nitrogen and oxygen atoms in total. The summed E-state index contributed by atoms with van der Waals surface area (Å²) in [6.07, 6.45) is 6.09. The third-order valence-electron chi connectivity index (χ3n) is 4.10. The van der Waals surface area contributed by atoms with Gasteiger partial charge in [-0.1, -0.05) is 25.1 Å². The van der Waals surface area contributed by atoms with E-state index in [-0.39, 0.29) is 12.4 Å². The molecule has 0 amide bonds. The third kappa shape index (κ3) is 3.53. The summed E-state index contributed by atoms with van der Waals surface area (Å²) < 4.78 is 6.23. The zero-order valence-corrected chi connectivity index (χ0v) is 13.7. The summed E-state index contributed by atoms with van der Waals surface area (Å²) in [5, 5.41) is 0. The number of hydrogen-bond donors (Lipinski definition) is 1. The van der Waals surface area contributed by atoms with Crippen molar-refractivity contribution in [2.75, 3.05) is 5.73 Å². The number of nitrogen functional groups attached to an aromatic ring is 1. The highest BCUT2D eigenvalue weighted by atomic mass is 35.5. The molecule has 118 valence electrons. The molecule has 0 atom stereocenters. The van der Waals surface area contributed by atoms with Crippen LogP contribution in [0.25, 0.3) is 11.1 Å². The zero-order chi connectivity index (χ0) is 14.7. The van der Waals surface area contributed by atoms with Gasteiger partial charge in [-0.3, -0.25) is 0 Å². The molecule has 1 aliphatic rings. The Labute approximate surface area is 138 Å². The molecule has 1 aromatic carbocycles. The van der Waals surface area contributed by atoms with Gasteiger partial charge in [0.25, 0.3) is 0 Å². The van der Waals surface area contributed by atoms with Gasteiger partial charge in [0.1, 0.15) is 11.6 Å². The molecule has 2 N–H and O–H groups in total. The summed E-state index contributed by atoms with van der Waals surface area (Å²) >= 11 is 0. The molecule has 3 rings (SSSR count). The molecule has 2 aromatic rings. The fourth-order valence-corrected chi connectivity index (χ4v) is 3.01.